The second-order valence-corrected chi connectivity index (χ2v) is 9.18. The number of thiophene rings is 1. The van der Waals surface area contributed by atoms with Crippen molar-refractivity contribution >= 4 is 49.9 Å². The fourth-order valence-electron chi connectivity index (χ4n) is 3.54. The number of halogens is 1. The van der Waals surface area contributed by atoms with E-state index in [1.165, 1.54) is 0 Å². The Balaban J connectivity index is 1.26. The molecular formula is C23H19BrN6O2S. The molecule has 4 heterocycles. The van der Waals surface area contributed by atoms with Crippen LogP contribution in [0.15, 0.2) is 70.9 Å². The molecule has 0 bridgehead atoms. The van der Waals surface area contributed by atoms with Crippen LogP contribution in [0.4, 0.5) is 5.69 Å². The van der Waals surface area contributed by atoms with E-state index in [9.17, 15) is 4.79 Å². The second kappa shape index (κ2) is 9.16. The van der Waals surface area contributed by atoms with Gasteiger partial charge in [-0.25, -0.2) is 14.3 Å². The van der Waals surface area contributed by atoms with Gasteiger partial charge in [0.05, 0.1) is 29.2 Å². The summed E-state index contributed by atoms with van der Waals surface area (Å²) in [5.41, 5.74) is 3.19. The molecule has 1 amide bonds. The van der Waals surface area contributed by atoms with Crippen molar-refractivity contribution in [2.45, 2.75) is 20.2 Å². The number of hydrogen-bond acceptors (Lipinski definition) is 6. The Morgan fingerprint density at radius 1 is 1.21 bits per heavy atom. The largest absolute Gasteiger partial charge is 0.471 e. The number of nitrogens with one attached hydrogen (secondary N) is 1. The van der Waals surface area contributed by atoms with Gasteiger partial charge in [0.2, 0.25) is 5.91 Å². The van der Waals surface area contributed by atoms with Crippen molar-refractivity contribution in [2.75, 3.05) is 5.32 Å². The van der Waals surface area contributed by atoms with Gasteiger partial charge in [0.25, 0.3) is 0 Å². The quantitative estimate of drug-likeness (QED) is 0.321. The SMILES string of the molecule is Cc1nn(CC(=O)Nc2cnn(COc3ccc(Br)cc3)c2)c2nccc(-c3cccs3)c12. The van der Waals surface area contributed by atoms with Crippen molar-refractivity contribution in [1.82, 2.24) is 24.5 Å². The molecule has 0 aliphatic rings. The summed E-state index contributed by atoms with van der Waals surface area (Å²) in [6.45, 7) is 2.21. The second-order valence-electron chi connectivity index (χ2n) is 7.32. The summed E-state index contributed by atoms with van der Waals surface area (Å²) in [5.74, 6) is 0.519. The molecule has 0 aliphatic carbocycles. The van der Waals surface area contributed by atoms with Gasteiger partial charge in [-0.15, -0.1) is 11.3 Å². The highest BCUT2D eigenvalue weighted by Crippen LogP contribution is 2.32. The van der Waals surface area contributed by atoms with E-state index in [1.807, 2.05) is 48.7 Å². The number of carbonyl (C=O) groups is 1. The zero-order valence-electron chi connectivity index (χ0n) is 17.6. The number of fused-ring (bicyclic) bond motifs is 1. The Morgan fingerprint density at radius 3 is 2.85 bits per heavy atom. The van der Waals surface area contributed by atoms with Crippen molar-refractivity contribution in [3.63, 3.8) is 0 Å². The van der Waals surface area contributed by atoms with Gasteiger partial charge in [-0.2, -0.15) is 10.2 Å². The van der Waals surface area contributed by atoms with Gasteiger partial charge < -0.3 is 10.1 Å². The highest BCUT2D eigenvalue weighted by Gasteiger charge is 2.16. The Bertz CT molecular complexity index is 1410. The van der Waals surface area contributed by atoms with Crippen LogP contribution in [0.3, 0.4) is 0 Å². The molecule has 4 aromatic heterocycles. The molecule has 0 unspecified atom stereocenters. The zero-order chi connectivity index (χ0) is 22.8. The van der Waals surface area contributed by atoms with Gasteiger partial charge in [0.15, 0.2) is 12.4 Å². The normalized spacial score (nSPS) is 11.1. The van der Waals surface area contributed by atoms with Crippen molar-refractivity contribution < 1.29 is 9.53 Å². The molecule has 0 spiro atoms. The van der Waals surface area contributed by atoms with E-state index in [-0.39, 0.29) is 19.2 Å². The smallest absolute Gasteiger partial charge is 0.246 e. The van der Waals surface area contributed by atoms with E-state index in [0.717, 1.165) is 31.7 Å². The van der Waals surface area contributed by atoms with E-state index in [1.54, 1.807) is 39.3 Å². The van der Waals surface area contributed by atoms with E-state index < -0.39 is 0 Å². The Kier molecular flexibility index (Phi) is 5.93. The van der Waals surface area contributed by atoms with Gasteiger partial charge in [-0.1, -0.05) is 22.0 Å². The lowest BCUT2D eigenvalue weighted by molar-refractivity contribution is -0.116. The maximum atomic E-state index is 12.7. The first-order valence-corrected chi connectivity index (χ1v) is 11.8. The third-order valence-electron chi connectivity index (χ3n) is 4.98. The molecule has 0 aliphatic heterocycles. The summed E-state index contributed by atoms with van der Waals surface area (Å²) < 4.78 is 9.93. The van der Waals surface area contributed by atoms with Gasteiger partial charge >= 0.3 is 0 Å². The summed E-state index contributed by atoms with van der Waals surface area (Å²) in [6, 6.07) is 13.6. The van der Waals surface area contributed by atoms with E-state index in [2.05, 4.69) is 42.5 Å². The van der Waals surface area contributed by atoms with Crippen LogP contribution in [0.25, 0.3) is 21.5 Å². The van der Waals surface area contributed by atoms with Gasteiger partial charge in [0.1, 0.15) is 12.3 Å². The Morgan fingerprint density at radius 2 is 2.06 bits per heavy atom. The van der Waals surface area contributed by atoms with Gasteiger partial charge in [-0.3, -0.25) is 4.79 Å². The van der Waals surface area contributed by atoms with Gasteiger partial charge in [0, 0.05) is 21.1 Å². The monoisotopic (exact) mass is 522 g/mol. The Hall–Kier alpha value is -3.50. The lowest BCUT2D eigenvalue weighted by Crippen LogP contribution is -2.19. The van der Waals surface area contributed by atoms with E-state index in [0.29, 0.717) is 11.3 Å². The summed E-state index contributed by atoms with van der Waals surface area (Å²) in [4.78, 5) is 18.3. The van der Waals surface area contributed by atoms with Crippen LogP contribution in [0, 0.1) is 6.92 Å². The summed E-state index contributed by atoms with van der Waals surface area (Å²) >= 11 is 5.06. The van der Waals surface area contributed by atoms with Crippen LogP contribution in [0.2, 0.25) is 0 Å². The summed E-state index contributed by atoms with van der Waals surface area (Å²) in [6.07, 6.45) is 5.06. The van der Waals surface area contributed by atoms with Crippen molar-refractivity contribution in [2.24, 2.45) is 0 Å². The molecule has 1 N–H and O–H groups in total. The lowest BCUT2D eigenvalue weighted by atomic mass is 10.1. The zero-order valence-corrected chi connectivity index (χ0v) is 20.0. The number of aromatic nitrogens is 5. The number of nitrogens with zero attached hydrogens (tertiary/aromatic N) is 5. The number of ether oxygens (including phenoxy) is 1. The first-order valence-electron chi connectivity index (χ1n) is 10.1. The van der Waals surface area contributed by atoms with Gasteiger partial charge in [-0.05, 0) is 48.7 Å². The van der Waals surface area contributed by atoms with Crippen LogP contribution in [-0.4, -0.2) is 30.5 Å². The molecule has 5 aromatic rings. The predicted octanol–water partition coefficient (Wildman–Crippen LogP) is 5.10. The minimum Gasteiger partial charge on any atom is -0.471 e. The molecular weight excluding hydrogens is 504 g/mol. The first-order chi connectivity index (χ1) is 16.1. The highest BCUT2D eigenvalue weighted by atomic mass is 79.9. The first kappa shape index (κ1) is 21.4. The third-order valence-corrected chi connectivity index (χ3v) is 6.41. The molecule has 0 fully saturated rings. The maximum absolute atomic E-state index is 12.7. The number of rotatable bonds is 7. The summed E-state index contributed by atoms with van der Waals surface area (Å²) in [5, 5.41) is 14.7. The maximum Gasteiger partial charge on any atom is 0.246 e. The number of pyridine rings is 1. The number of aryl methyl sites for hydroxylation is 1. The van der Waals surface area contributed by atoms with Crippen LogP contribution in [-0.2, 0) is 18.1 Å². The standard InChI is InChI=1S/C23H19BrN6O2S/c1-15-22-19(20-3-2-10-33-20)8-9-25-23(22)30(28-15)13-21(31)27-17-11-26-29(12-17)14-32-18-6-4-16(24)5-7-18/h2-12H,13-14H2,1H3,(H,27,31). The van der Waals surface area contributed by atoms with Crippen LogP contribution < -0.4 is 10.1 Å². The minimum atomic E-state index is -0.212. The molecule has 0 saturated carbocycles. The number of benzene rings is 1. The number of carbonyl (C=O) groups excluding carboxylic acids is 1. The number of amides is 1. The van der Waals surface area contributed by atoms with Crippen LogP contribution in [0.1, 0.15) is 5.69 Å². The lowest BCUT2D eigenvalue weighted by Gasteiger charge is -2.06. The third kappa shape index (κ3) is 4.67. The molecule has 0 radical (unpaired) electrons. The number of anilines is 1. The predicted molar refractivity (Wildman–Crippen MR) is 131 cm³/mol. The molecule has 0 atom stereocenters. The average Bonchev–Trinajstić information content (AvgIpc) is 3.55. The molecule has 5 rings (SSSR count). The molecule has 10 heteroatoms. The fourth-order valence-corrected chi connectivity index (χ4v) is 4.56. The van der Waals surface area contributed by atoms with Crippen molar-refractivity contribution in [3.05, 3.63) is 76.6 Å². The molecule has 33 heavy (non-hydrogen) atoms. The van der Waals surface area contributed by atoms with Crippen molar-refractivity contribution in [3.8, 4) is 16.2 Å². The van der Waals surface area contributed by atoms with Crippen molar-refractivity contribution in [1.29, 1.82) is 0 Å². The molecule has 1 aromatic carbocycles. The summed E-state index contributed by atoms with van der Waals surface area (Å²) in [7, 11) is 0. The topological polar surface area (TPSA) is 86.9 Å². The van der Waals surface area contributed by atoms with Crippen LogP contribution in [0.5, 0.6) is 5.75 Å². The van der Waals surface area contributed by atoms with E-state index >= 15 is 0 Å². The van der Waals surface area contributed by atoms with E-state index in [4.69, 9.17) is 4.74 Å². The number of hydrogen-bond donors (Lipinski definition) is 1. The Labute approximate surface area is 202 Å². The molecule has 0 saturated heterocycles. The molecule has 166 valence electrons. The minimum absolute atomic E-state index is 0.0474. The average molecular weight is 523 g/mol. The fraction of sp³-hybridized carbons (Fsp3) is 0.130. The molecule has 8 nitrogen and oxygen atoms in total. The highest BCUT2D eigenvalue weighted by molar-refractivity contribution is 9.10. The van der Waals surface area contributed by atoms with Crippen LogP contribution >= 0.6 is 27.3 Å².